The van der Waals surface area contributed by atoms with E-state index in [0.717, 1.165) is 27.7 Å². The van der Waals surface area contributed by atoms with Gasteiger partial charge in [-0.3, -0.25) is 0 Å². The number of aromatic amines is 1. The van der Waals surface area contributed by atoms with Crippen molar-refractivity contribution in [2.24, 2.45) is 0 Å². The lowest BCUT2D eigenvalue weighted by atomic mass is 10.1. The highest BCUT2D eigenvalue weighted by atomic mass is 32.2. The molecule has 0 atom stereocenters. The summed E-state index contributed by atoms with van der Waals surface area (Å²) in [6.07, 6.45) is 0. The molecule has 0 radical (unpaired) electrons. The number of benzene rings is 2. The van der Waals surface area contributed by atoms with Gasteiger partial charge in [-0.1, -0.05) is 72.4 Å². The number of imidazole rings is 1. The van der Waals surface area contributed by atoms with E-state index in [2.05, 4.69) is 39.4 Å². The van der Waals surface area contributed by atoms with Crippen molar-refractivity contribution in [3.63, 3.8) is 0 Å². The molecule has 0 unspecified atom stereocenters. The second kappa shape index (κ2) is 6.94. The van der Waals surface area contributed by atoms with E-state index in [1.165, 1.54) is 0 Å². The van der Waals surface area contributed by atoms with Gasteiger partial charge in [0.25, 0.3) is 0 Å². The molecule has 2 heterocycles. The van der Waals surface area contributed by atoms with E-state index >= 15 is 0 Å². The molecule has 0 aliphatic carbocycles. The van der Waals surface area contributed by atoms with Gasteiger partial charge in [-0.25, -0.2) is 4.98 Å². The van der Waals surface area contributed by atoms with E-state index < -0.39 is 0 Å². The first-order chi connectivity index (χ1) is 12.3. The molecule has 0 spiro atoms. The zero-order valence-corrected chi connectivity index (χ0v) is 14.5. The molecule has 0 bridgehead atoms. The fraction of sp³-hybridized carbons (Fsp3) is 0.105. The lowest BCUT2D eigenvalue weighted by Gasteiger charge is -2.02. The molecule has 4 rings (SSSR count). The summed E-state index contributed by atoms with van der Waals surface area (Å²) in [5, 5.41) is 8.71. The first-order valence-corrected chi connectivity index (χ1v) is 8.91. The summed E-state index contributed by atoms with van der Waals surface area (Å²) < 4.78 is 5.43. The third-order valence-corrected chi connectivity index (χ3v) is 4.55. The molecule has 2 aromatic heterocycles. The Kier molecular flexibility index (Phi) is 4.35. The van der Waals surface area contributed by atoms with Gasteiger partial charge < -0.3 is 9.40 Å². The maximum Gasteiger partial charge on any atom is 0.226 e. The van der Waals surface area contributed by atoms with Gasteiger partial charge in [-0.05, 0) is 0 Å². The summed E-state index contributed by atoms with van der Waals surface area (Å²) in [4.78, 5) is 8.23. The second-order valence-corrected chi connectivity index (χ2v) is 6.47. The summed E-state index contributed by atoms with van der Waals surface area (Å²) >= 11 is 1.55. The van der Waals surface area contributed by atoms with Crippen molar-refractivity contribution in [1.29, 1.82) is 0 Å². The van der Waals surface area contributed by atoms with Gasteiger partial charge in [-0.15, -0.1) is 10.2 Å². The largest absolute Gasteiger partial charge is 0.425 e. The number of nitrogens with zero attached hydrogens (tertiary/aromatic N) is 3. The van der Waals surface area contributed by atoms with Crippen molar-refractivity contribution in [2.45, 2.75) is 17.8 Å². The maximum absolute atomic E-state index is 5.43. The van der Waals surface area contributed by atoms with Crippen LogP contribution in [0.4, 0.5) is 0 Å². The first-order valence-electron chi connectivity index (χ1n) is 7.92. The van der Waals surface area contributed by atoms with Crippen molar-refractivity contribution in [2.75, 3.05) is 0 Å². The van der Waals surface area contributed by atoms with E-state index in [9.17, 15) is 0 Å². The maximum atomic E-state index is 5.43. The van der Waals surface area contributed by atoms with Crippen LogP contribution in [-0.4, -0.2) is 20.2 Å². The molecule has 25 heavy (non-hydrogen) atoms. The molecule has 0 amide bonds. The average Bonchev–Trinajstić information content (AvgIpc) is 3.28. The molecule has 4 aromatic rings. The van der Waals surface area contributed by atoms with Crippen LogP contribution in [-0.2, 0) is 5.75 Å². The van der Waals surface area contributed by atoms with Crippen LogP contribution in [0.3, 0.4) is 0 Å². The van der Waals surface area contributed by atoms with Gasteiger partial charge >= 0.3 is 0 Å². The standard InChI is InChI=1S/C19H16N4OS/c1-13-22-23-16(24-13)12-25-19-20-17(14-8-4-2-5-9-14)18(21-19)15-10-6-3-7-11-15/h2-11H,12H2,1H3,(H,20,21). The highest BCUT2D eigenvalue weighted by molar-refractivity contribution is 7.98. The summed E-state index contributed by atoms with van der Waals surface area (Å²) in [6.45, 7) is 1.79. The van der Waals surface area contributed by atoms with E-state index in [-0.39, 0.29) is 0 Å². The first kappa shape index (κ1) is 15.7. The van der Waals surface area contributed by atoms with Crippen LogP contribution >= 0.6 is 11.8 Å². The van der Waals surface area contributed by atoms with Crippen LogP contribution in [0.2, 0.25) is 0 Å². The Morgan fingerprint density at radius 2 is 1.60 bits per heavy atom. The van der Waals surface area contributed by atoms with E-state index in [1.54, 1.807) is 18.7 Å². The molecule has 1 N–H and O–H groups in total. The fourth-order valence-electron chi connectivity index (χ4n) is 2.56. The summed E-state index contributed by atoms with van der Waals surface area (Å²) in [5.74, 6) is 1.75. The molecular formula is C19H16N4OS. The smallest absolute Gasteiger partial charge is 0.226 e. The Hall–Kier alpha value is -2.86. The van der Waals surface area contributed by atoms with Crippen molar-refractivity contribution in [3.05, 3.63) is 72.4 Å². The number of nitrogens with one attached hydrogen (secondary N) is 1. The average molecular weight is 348 g/mol. The van der Waals surface area contributed by atoms with Gasteiger partial charge in [-0.2, -0.15) is 0 Å². The van der Waals surface area contributed by atoms with Crippen LogP contribution in [0.25, 0.3) is 22.5 Å². The van der Waals surface area contributed by atoms with Crippen molar-refractivity contribution in [1.82, 2.24) is 20.2 Å². The van der Waals surface area contributed by atoms with Crippen LogP contribution in [0.5, 0.6) is 0 Å². The summed E-state index contributed by atoms with van der Waals surface area (Å²) in [6, 6.07) is 20.4. The minimum atomic E-state index is 0.574. The van der Waals surface area contributed by atoms with Gasteiger partial charge in [0.15, 0.2) is 5.16 Å². The normalized spacial score (nSPS) is 10.9. The number of aryl methyl sites for hydroxylation is 1. The molecule has 6 heteroatoms. The molecule has 0 aliphatic heterocycles. The van der Waals surface area contributed by atoms with Gasteiger partial charge in [0.05, 0.1) is 17.1 Å². The lowest BCUT2D eigenvalue weighted by molar-refractivity contribution is 0.485. The molecule has 0 aliphatic rings. The van der Waals surface area contributed by atoms with Crippen molar-refractivity contribution in [3.8, 4) is 22.5 Å². The molecule has 0 saturated heterocycles. The summed E-state index contributed by atoms with van der Waals surface area (Å²) in [5.41, 5.74) is 4.14. The van der Waals surface area contributed by atoms with E-state index in [4.69, 9.17) is 9.40 Å². The van der Waals surface area contributed by atoms with Crippen molar-refractivity contribution >= 4 is 11.8 Å². The van der Waals surface area contributed by atoms with E-state index in [0.29, 0.717) is 17.5 Å². The molecule has 0 saturated carbocycles. The molecule has 124 valence electrons. The highest BCUT2D eigenvalue weighted by Gasteiger charge is 2.15. The number of thioether (sulfide) groups is 1. The number of aromatic nitrogens is 4. The van der Waals surface area contributed by atoms with Crippen molar-refractivity contribution < 1.29 is 4.42 Å². The summed E-state index contributed by atoms with van der Waals surface area (Å²) in [7, 11) is 0. The Bertz CT molecular complexity index is 907. The molecular weight excluding hydrogens is 332 g/mol. The number of rotatable bonds is 5. The van der Waals surface area contributed by atoms with Gasteiger partial charge in [0, 0.05) is 18.1 Å². The lowest BCUT2D eigenvalue weighted by Crippen LogP contribution is -1.82. The zero-order valence-electron chi connectivity index (χ0n) is 13.6. The number of hydrogen-bond acceptors (Lipinski definition) is 5. The van der Waals surface area contributed by atoms with Crippen LogP contribution < -0.4 is 0 Å². The van der Waals surface area contributed by atoms with Crippen LogP contribution in [0.15, 0.2) is 70.2 Å². The number of hydrogen-bond donors (Lipinski definition) is 1. The topological polar surface area (TPSA) is 67.6 Å². The fourth-order valence-corrected chi connectivity index (χ4v) is 3.27. The Balaban J connectivity index is 1.68. The Labute approximate surface area is 149 Å². The minimum absolute atomic E-state index is 0.574. The molecule has 5 nitrogen and oxygen atoms in total. The number of H-pyrrole nitrogens is 1. The predicted octanol–water partition coefficient (Wildman–Crippen LogP) is 4.73. The zero-order chi connectivity index (χ0) is 17.1. The molecule has 0 fully saturated rings. The Morgan fingerprint density at radius 3 is 2.24 bits per heavy atom. The monoisotopic (exact) mass is 348 g/mol. The van der Waals surface area contributed by atoms with Crippen LogP contribution in [0.1, 0.15) is 11.8 Å². The van der Waals surface area contributed by atoms with E-state index in [1.807, 2.05) is 36.4 Å². The second-order valence-electron chi connectivity index (χ2n) is 5.50. The quantitative estimate of drug-likeness (QED) is 0.528. The highest BCUT2D eigenvalue weighted by Crippen LogP contribution is 2.33. The van der Waals surface area contributed by atoms with Crippen LogP contribution in [0, 0.1) is 6.92 Å². The van der Waals surface area contributed by atoms with Gasteiger partial charge in [0.2, 0.25) is 11.8 Å². The third-order valence-electron chi connectivity index (χ3n) is 3.69. The Morgan fingerprint density at radius 1 is 0.920 bits per heavy atom. The third kappa shape index (κ3) is 3.49. The predicted molar refractivity (Wildman–Crippen MR) is 98.1 cm³/mol. The minimum Gasteiger partial charge on any atom is -0.425 e. The van der Waals surface area contributed by atoms with Gasteiger partial charge in [0.1, 0.15) is 0 Å². The molecule has 2 aromatic carbocycles. The SMILES string of the molecule is Cc1nnc(CSc2nc(-c3ccccc3)c(-c3ccccc3)[nH]2)o1.